The van der Waals surface area contributed by atoms with E-state index in [0.29, 0.717) is 23.1 Å². The minimum Gasteiger partial charge on any atom is -0.465 e. The molecule has 1 amide bonds. The molecule has 2 aromatic rings. The third-order valence-electron chi connectivity index (χ3n) is 6.96. The Hall–Kier alpha value is -2.70. The third-order valence-corrected chi connectivity index (χ3v) is 6.96. The van der Waals surface area contributed by atoms with Crippen LogP contribution in [0.15, 0.2) is 36.9 Å². The molecule has 4 aliphatic carbocycles. The maximum absolute atomic E-state index is 13.5. The fraction of sp³-hybridized carbons (Fsp3) is 0.524. The number of methoxy groups -OCH3 is 1. The largest absolute Gasteiger partial charge is 0.465 e. The molecule has 7 heteroatoms. The topological polar surface area (TPSA) is 86.1 Å². The Morgan fingerprint density at radius 1 is 1.21 bits per heavy atom. The van der Waals surface area contributed by atoms with Gasteiger partial charge in [0.15, 0.2) is 0 Å². The number of carbonyl (C=O) groups excluding carboxylic acids is 2. The van der Waals surface area contributed by atoms with E-state index in [1.54, 1.807) is 30.9 Å². The van der Waals surface area contributed by atoms with Crippen molar-refractivity contribution >= 4 is 17.6 Å². The molecule has 4 bridgehead atoms. The SMILES string of the molecule is COC(=O)c1cccc(NC(=O)C23C[C@H]4C[C@H](C2)CC(n2cncn2)(C4)C3)c1. The molecular weight excluding hydrogens is 356 g/mol. The molecule has 0 saturated heterocycles. The quantitative estimate of drug-likeness (QED) is 0.824. The summed E-state index contributed by atoms with van der Waals surface area (Å²) in [5.74, 6) is 0.763. The van der Waals surface area contributed by atoms with E-state index in [2.05, 4.69) is 15.4 Å². The number of aromatic nitrogens is 3. The molecule has 28 heavy (non-hydrogen) atoms. The van der Waals surface area contributed by atoms with Crippen molar-refractivity contribution in [1.82, 2.24) is 14.8 Å². The van der Waals surface area contributed by atoms with Gasteiger partial charge in [-0.15, -0.1) is 0 Å². The number of esters is 1. The molecule has 1 aromatic heterocycles. The van der Waals surface area contributed by atoms with Crippen LogP contribution < -0.4 is 5.32 Å². The first-order valence-corrected chi connectivity index (χ1v) is 9.87. The van der Waals surface area contributed by atoms with E-state index in [1.807, 2.05) is 10.7 Å². The number of benzene rings is 1. The van der Waals surface area contributed by atoms with Crippen LogP contribution in [-0.4, -0.2) is 33.8 Å². The van der Waals surface area contributed by atoms with Crippen molar-refractivity contribution in [2.45, 2.75) is 44.1 Å². The average molecular weight is 380 g/mol. The predicted molar refractivity (Wildman–Crippen MR) is 102 cm³/mol. The number of carbonyl (C=O) groups is 2. The highest BCUT2D eigenvalue weighted by molar-refractivity contribution is 5.97. The minimum absolute atomic E-state index is 0.0631. The molecule has 6 rings (SSSR count). The van der Waals surface area contributed by atoms with Crippen LogP contribution in [0.5, 0.6) is 0 Å². The Morgan fingerprint density at radius 3 is 2.68 bits per heavy atom. The van der Waals surface area contributed by atoms with Crippen LogP contribution in [0.25, 0.3) is 0 Å². The van der Waals surface area contributed by atoms with Crippen molar-refractivity contribution in [2.75, 3.05) is 12.4 Å². The highest BCUT2D eigenvalue weighted by Gasteiger charge is 2.61. The van der Waals surface area contributed by atoms with Crippen LogP contribution >= 0.6 is 0 Å². The number of nitrogens with one attached hydrogen (secondary N) is 1. The average Bonchev–Trinajstić information content (AvgIpc) is 3.22. The van der Waals surface area contributed by atoms with Gasteiger partial charge < -0.3 is 10.1 Å². The van der Waals surface area contributed by atoms with Gasteiger partial charge in [0.1, 0.15) is 12.7 Å². The van der Waals surface area contributed by atoms with Crippen molar-refractivity contribution in [3.8, 4) is 0 Å². The zero-order chi connectivity index (χ0) is 19.4. The molecule has 2 atom stereocenters. The number of rotatable bonds is 4. The van der Waals surface area contributed by atoms with Gasteiger partial charge in [0.25, 0.3) is 0 Å². The number of ether oxygens (including phenoxy) is 1. The molecule has 0 spiro atoms. The highest BCUT2D eigenvalue weighted by Crippen LogP contribution is 2.64. The van der Waals surface area contributed by atoms with E-state index < -0.39 is 5.97 Å². The van der Waals surface area contributed by atoms with Crippen molar-refractivity contribution < 1.29 is 14.3 Å². The summed E-state index contributed by atoms with van der Waals surface area (Å²) >= 11 is 0. The van der Waals surface area contributed by atoms with Crippen LogP contribution in [-0.2, 0) is 15.1 Å². The molecule has 4 fully saturated rings. The Morgan fingerprint density at radius 2 is 2.00 bits per heavy atom. The van der Waals surface area contributed by atoms with Crippen LogP contribution in [0.3, 0.4) is 0 Å². The van der Waals surface area contributed by atoms with E-state index in [0.717, 1.165) is 32.1 Å². The Bertz CT molecular complexity index is 909. The highest BCUT2D eigenvalue weighted by atomic mass is 16.5. The Labute approximate surface area is 163 Å². The first-order valence-electron chi connectivity index (χ1n) is 9.87. The summed E-state index contributed by atoms with van der Waals surface area (Å²) < 4.78 is 6.79. The molecule has 146 valence electrons. The van der Waals surface area contributed by atoms with Gasteiger partial charge >= 0.3 is 5.97 Å². The van der Waals surface area contributed by atoms with Crippen LogP contribution in [0, 0.1) is 17.3 Å². The maximum Gasteiger partial charge on any atom is 0.337 e. The second kappa shape index (κ2) is 6.15. The lowest BCUT2D eigenvalue weighted by molar-refractivity contribution is -0.150. The normalized spacial score (nSPS) is 32.9. The molecule has 1 heterocycles. The molecule has 4 saturated carbocycles. The summed E-state index contributed by atoms with van der Waals surface area (Å²) in [4.78, 5) is 29.4. The van der Waals surface area contributed by atoms with Crippen molar-refractivity contribution in [1.29, 1.82) is 0 Å². The van der Waals surface area contributed by atoms with Gasteiger partial charge in [0.05, 0.1) is 23.6 Å². The maximum atomic E-state index is 13.5. The molecule has 7 nitrogen and oxygen atoms in total. The Kier molecular flexibility index (Phi) is 3.82. The van der Waals surface area contributed by atoms with Crippen LogP contribution in [0.2, 0.25) is 0 Å². The second-order valence-corrected chi connectivity index (χ2v) is 8.83. The first-order chi connectivity index (χ1) is 13.5. The van der Waals surface area contributed by atoms with Gasteiger partial charge in [0.2, 0.25) is 5.91 Å². The molecule has 1 aromatic carbocycles. The lowest BCUT2D eigenvalue weighted by Gasteiger charge is -2.60. The molecule has 4 aliphatic rings. The van der Waals surface area contributed by atoms with E-state index in [9.17, 15) is 9.59 Å². The minimum atomic E-state index is -0.406. The number of anilines is 1. The third kappa shape index (κ3) is 2.64. The van der Waals surface area contributed by atoms with E-state index in [1.165, 1.54) is 13.5 Å². The molecule has 1 N–H and O–H groups in total. The van der Waals surface area contributed by atoms with E-state index in [4.69, 9.17) is 4.74 Å². The summed E-state index contributed by atoms with van der Waals surface area (Å²) in [6, 6.07) is 6.94. The van der Waals surface area contributed by atoms with Crippen LogP contribution in [0.1, 0.15) is 48.9 Å². The first kappa shape index (κ1) is 17.4. The summed E-state index contributed by atoms with van der Waals surface area (Å²) in [6.45, 7) is 0. The summed E-state index contributed by atoms with van der Waals surface area (Å²) in [5, 5.41) is 7.53. The zero-order valence-electron chi connectivity index (χ0n) is 15.9. The fourth-order valence-corrected chi connectivity index (χ4v) is 6.31. The summed E-state index contributed by atoms with van der Waals surface area (Å²) in [7, 11) is 1.35. The second-order valence-electron chi connectivity index (χ2n) is 8.83. The van der Waals surface area contributed by atoms with Gasteiger partial charge in [-0.3, -0.25) is 4.79 Å². The van der Waals surface area contributed by atoms with Gasteiger partial charge in [-0.1, -0.05) is 6.07 Å². The summed E-state index contributed by atoms with van der Waals surface area (Å²) in [5.41, 5.74) is 0.603. The number of hydrogen-bond donors (Lipinski definition) is 1. The van der Waals surface area contributed by atoms with Gasteiger partial charge in [-0.25, -0.2) is 14.5 Å². The van der Waals surface area contributed by atoms with Crippen molar-refractivity contribution in [3.63, 3.8) is 0 Å². The fourth-order valence-electron chi connectivity index (χ4n) is 6.31. The smallest absolute Gasteiger partial charge is 0.337 e. The number of hydrogen-bond acceptors (Lipinski definition) is 5. The number of nitrogens with zero attached hydrogens (tertiary/aromatic N) is 3. The monoisotopic (exact) mass is 380 g/mol. The lowest BCUT2D eigenvalue weighted by Crippen LogP contribution is -2.60. The summed E-state index contributed by atoms with van der Waals surface area (Å²) in [6.07, 6.45) is 9.44. The van der Waals surface area contributed by atoms with E-state index >= 15 is 0 Å². The molecular formula is C21H24N4O3. The molecule has 0 radical (unpaired) electrons. The number of amides is 1. The van der Waals surface area contributed by atoms with Crippen molar-refractivity contribution in [2.24, 2.45) is 17.3 Å². The molecule has 0 unspecified atom stereocenters. The van der Waals surface area contributed by atoms with Gasteiger partial charge in [-0.05, 0) is 68.6 Å². The lowest BCUT2D eigenvalue weighted by atomic mass is 9.46. The standard InChI is InChI=1S/C21H24N4O3/c1-28-18(26)16-3-2-4-17(6-16)24-19(27)20-7-14-5-15(8-20)10-21(9-14,11-20)25-13-22-12-23-25/h2-4,6,12-15H,5,7-11H2,1H3,(H,24,27)/t14-,15-,20?,21?/m1/s1. The van der Waals surface area contributed by atoms with Crippen LogP contribution in [0.4, 0.5) is 5.69 Å². The Balaban J connectivity index is 1.43. The van der Waals surface area contributed by atoms with Gasteiger partial charge in [0, 0.05) is 5.69 Å². The van der Waals surface area contributed by atoms with Gasteiger partial charge in [-0.2, -0.15) is 5.10 Å². The van der Waals surface area contributed by atoms with Crippen molar-refractivity contribution in [3.05, 3.63) is 42.5 Å². The predicted octanol–water partition coefficient (Wildman–Crippen LogP) is 3.00. The zero-order valence-corrected chi connectivity index (χ0v) is 15.9. The van der Waals surface area contributed by atoms with E-state index in [-0.39, 0.29) is 16.9 Å². The molecule has 0 aliphatic heterocycles.